The second-order valence-corrected chi connectivity index (χ2v) is 2.41. The Labute approximate surface area is 66.6 Å². The predicted molar refractivity (Wildman–Crippen MR) is 40.2 cm³/mol. The Morgan fingerprint density at radius 1 is 1.09 bits per heavy atom. The van der Waals surface area contributed by atoms with Crippen LogP contribution in [0.25, 0.3) is 0 Å². The maximum atomic E-state index is 5.35. The summed E-state index contributed by atoms with van der Waals surface area (Å²) >= 11 is 0. The minimum absolute atomic E-state index is 0.333. The summed E-state index contributed by atoms with van der Waals surface area (Å²) < 4.78 is 15.8. The van der Waals surface area contributed by atoms with Gasteiger partial charge in [0.2, 0.25) is 0 Å². The lowest BCUT2D eigenvalue weighted by Gasteiger charge is -2.17. The van der Waals surface area contributed by atoms with Gasteiger partial charge in [-0.1, -0.05) is 0 Å². The van der Waals surface area contributed by atoms with E-state index in [2.05, 4.69) is 5.73 Å². The van der Waals surface area contributed by atoms with Crippen LogP contribution in [0.4, 0.5) is 0 Å². The van der Waals surface area contributed by atoms with Crippen LogP contribution in [0, 0.1) is 0 Å². The maximum Gasteiger partial charge on any atom is 0.194 e. The highest BCUT2D eigenvalue weighted by molar-refractivity contribution is 4.77. The van der Waals surface area contributed by atoms with Crippen LogP contribution < -0.4 is 5.73 Å². The lowest BCUT2D eigenvalue weighted by molar-refractivity contribution is -0.153. The average Bonchev–Trinajstić information content (AvgIpc) is 2.69. The first-order valence-electron chi connectivity index (χ1n) is 3.85. The Balaban J connectivity index is 0.000000281. The van der Waals surface area contributed by atoms with E-state index in [0.29, 0.717) is 6.61 Å². The maximum absolute atomic E-state index is 5.35. The van der Waals surface area contributed by atoms with Crippen molar-refractivity contribution in [2.45, 2.75) is 12.2 Å². The zero-order valence-corrected chi connectivity index (χ0v) is 6.84. The third kappa shape index (κ3) is 1.90. The fourth-order valence-corrected chi connectivity index (χ4v) is 1.25. The number of hydrogen-bond donors (Lipinski definition) is 1. The average molecular weight is 161 g/mol. The van der Waals surface area contributed by atoms with Crippen molar-refractivity contribution in [2.24, 2.45) is 5.73 Å². The van der Waals surface area contributed by atoms with Gasteiger partial charge >= 0.3 is 0 Å². The Bertz CT molecular complexity index is 88.7. The van der Waals surface area contributed by atoms with E-state index in [0.717, 1.165) is 26.2 Å². The van der Waals surface area contributed by atoms with Gasteiger partial charge in [-0.15, -0.1) is 0 Å². The first-order chi connectivity index (χ1) is 5.41. The van der Waals surface area contributed by atoms with Gasteiger partial charge in [0.25, 0.3) is 0 Å². The molecule has 66 valence electrons. The number of hydrogen-bond acceptors (Lipinski definition) is 4. The quantitative estimate of drug-likeness (QED) is 0.531. The summed E-state index contributed by atoms with van der Waals surface area (Å²) in [6, 6.07) is 0. The largest absolute Gasteiger partial charge is 0.376 e. The molecule has 2 saturated heterocycles. The molecule has 11 heavy (non-hydrogen) atoms. The topological polar surface area (TPSA) is 53.7 Å². The van der Waals surface area contributed by atoms with Gasteiger partial charge in [-0.05, 0) is 7.05 Å². The molecule has 0 radical (unpaired) electrons. The molecular formula is C7H15NO3. The van der Waals surface area contributed by atoms with Crippen molar-refractivity contribution in [1.29, 1.82) is 0 Å². The molecule has 2 fully saturated rings. The third-order valence-electron chi connectivity index (χ3n) is 1.76. The van der Waals surface area contributed by atoms with Crippen LogP contribution in [-0.2, 0) is 14.2 Å². The zero-order chi connectivity index (χ0) is 8.16. The van der Waals surface area contributed by atoms with Crippen LogP contribution in [-0.4, -0.2) is 39.3 Å². The molecule has 0 saturated carbocycles. The Morgan fingerprint density at radius 2 is 1.73 bits per heavy atom. The smallest absolute Gasteiger partial charge is 0.194 e. The highest BCUT2D eigenvalue weighted by atomic mass is 16.8. The Kier molecular flexibility index (Phi) is 3.26. The molecule has 2 N–H and O–H groups in total. The summed E-state index contributed by atoms with van der Waals surface area (Å²) in [6.07, 6.45) is 0.896. The number of rotatable bonds is 0. The van der Waals surface area contributed by atoms with E-state index in [1.54, 1.807) is 0 Å². The summed E-state index contributed by atoms with van der Waals surface area (Å²) in [5.74, 6) is -0.333. The Hall–Kier alpha value is -0.160. The van der Waals surface area contributed by atoms with E-state index in [-0.39, 0.29) is 5.79 Å². The van der Waals surface area contributed by atoms with Crippen LogP contribution in [0.2, 0.25) is 0 Å². The van der Waals surface area contributed by atoms with Gasteiger partial charge in [0, 0.05) is 6.42 Å². The molecule has 1 spiro atoms. The molecule has 0 atom stereocenters. The molecule has 2 rings (SSSR count). The molecule has 0 bridgehead atoms. The van der Waals surface area contributed by atoms with Gasteiger partial charge in [0.15, 0.2) is 5.79 Å². The highest BCUT2D eigenvalue weighted by Gasteiger charge is 2.40. The van der Waals surface area contributed by atoms with Gasteiger partial charge in [-0.25, -0.2) is 0 Å². The van der Waals surface area contributed by atoms with Gasteiger partial charge in [-0.3, -0.25) is 0 Å². The van der Waals surface area contributed by atoms with Crippen molar-refractivity contribution in [1.82, 2.24) is 0 Å². The summed E-state index contributed by atoms with van der Waals surface area (Å²) in [4.78, 5) is 0. The van der Waals surface area contributed by atoms with E-state index in [9.17, 15) is 0 Å². The van der Waals surface area contributed by atoms with Crippen LogP contribution in [0.5, 0.6) is 0 Å². The first-order valence-corrected chi connectivity index (χ1v) is 3.85. The molecule has 0 aliphatic carbocycles. The normalized spacial score (nSPS) is 26.7. The number of ether oxygens (including phenoxy) is 3. The standard InChI is InChI=1S/C6H10O3.CH5N/c1-2-7-5-6(1)8-3-4-9-6;1-2/h1-5H2;2H2,1H3. The molecule has 0 unspecified atom stereocenters. The molecule has 2 heterocycles. The van der Waals surface area contributed by atoms with E-state index >= 15 is 0 Å². The van der Waals surface area contributed by atoms with Crippen molar-refractivity contribution in [3.8, 4) is 0 Å². The summed E-state index contributed by atoms with van der Waals surface area (Å²) in [6.45, 7) is 2.85. The van der Waals surface area contributed by atoms with Gasteiger partial charge in [0.05, 0.1) is 19.8 Å². The molecule has 4 heteroatoms. The fourth-order valence-electron chi connectivity index (χ4n) is 1.25. The summed E-state index contributed by atoms with van der Waals surface area (Å²) in [7, 11) is 1.50. The van der Waals surface area contributed by atoms with Crippen molar-refractivity contribution < 1.29 is 14.2 Å². The minimum atomic E-state index is -0.333. The van der Waals surface area contributed by atoms with Crippen LogP contribution in [0.1, 0.15) is 6.42 Å². The van der Waals surface area contributed by atoms with E-state index in [1.165, 1.54) is 7.05 Å². The zero-order valence-electron chi connectivity index (χ0n) is 6.84. The summed E-state index contributed by atoms with van der Waals surface area (Å²) in [5.41, 5.74) is 4.50. The molecule has 2 aliphatic heterocycles. The summed E-state index contributed by atoms with van der Waals surface area (Å²) in [5, 5.41) is 0. The van der Waals surface area contributed by atoms with Crippen molar-refractivity contribution in [2.75, 3.05) is 33.5 Å². The fraction of sp³-hybridized carbons (Fsp3) is 1.00. The van der Waals surface area contributed by atoms with Gasteiger partial charge in [0.1, 0.15) is 6.61 Å². The molecule has 0 amide bonds. The van der Waals surface area contributed by atoms with E-state index in [1.807, 2.05) is 0 Å². The molecule has 0 aromatic rings. The van der Waals surface area contributed by atoms with Crippen molar-refractivity contribution in [3.05, 3.63) is 0 Å². The van der Waals surface area contributed by atoms with Crippen molar-refractivity contribution >= 4 is 0 Å². The highest BCUT2D eigenvalue weighted by Crippen LogP contribution is 2.27. The molecule has 0 aromatic heterocycles. The molecule has 0 aromatic carbocycles. The number of nitrogens with two attached hydrogens (primary N) is 1. The first kappa shape index (κ1) is 8.93. The third-order valence-corrected chi connectivity index (χ3v) is 1.76. The van der Waals surface area contributed by atoms with Crippen LogP contribution in [0.3, 0.4) is 0 Å². The Morgan fingerprint density at radius 3 is 2.18 bits per heavy atom. The molecule has 4 nitrogen and oxygen atoms in total. The predicted octanol–water partition coefficient (Wildman–Crippen LogP) is -0.275. The monoisotopic (exact) mass is 161 g/mol. The van der Waals surface area contributed by atoms with Crippen LogP contribution in [0.15, 0.2) is 0 Å². The SMILES string of the molecule is C1CC2(CO1)OCCO2.CN. The van der Waals surface area contributed by atoms with E-state index < -0.39 is 0 Å². The van der Waals surface area contributed by atoms with Gasteiger partial charge < -0.3 is 19.9 Å². The van der Waals surface area contributed by atoms with Crippen molar-refractivity contribution in [3.63, 3.8) is 0 Å². The molecule has 2 aliphatic rings. The lowest BCUT2D eigenvalue weighted by Crippen LogP contribution is -2.29. The van der Waals surface area contributed by atoms with Gasteiger partial charge in [-0.2, -0.15) is 0 Å². The van der Waals surface area contributed by atoms with E-state index in [4.69, 9.17) is 14.2 Å². The second-order valence-electron chi connectivity index (χ2n) is 2.41. The minimum Gasteiger partial charge on any atom is -0.376 e. The molecular weight excluding hydrogens is 146 g/mol. The van der Waals surface area contributed by atoms with Crippen LogP contribution >= 0.6 is 0 Å². The lowest BCUT2D eigenvalue weighted by atomic mass is 10.2. The second kappa shape index (κ2) is 4.01.